The Bertz CT molecular complexity index is 905. The fourth-order valence-electron chi connectivity index (χ4n) is 2.52. The number of rotatable bonds is 2. The van der Waals surface area contributed by atoms with E-state index in [-0.39, 0.29) is 5.76 Å². The van der Waals surface area contributed by atoms with E-state index < -0.39 is 0 Å². The van der Waals surface area contributed by atoms with Gasteiger partial charge in [-0.3, -0.25) is 4.99 Å². The molecule has 0 unspecified atom stereocenters. The van der Waals surface area contributed by atoms with Crippen LogP contribution in [0.25, 0.3) is 5.52 Å². The van der Waals surface area contributed by atoms with E-state index >= 15 is 0 Å². The van der Waals surface area contributed by atoms with Gasteiger partial charge in [0.2, 0.25) is 0 Å². The predicted molar refractivity (Wildman–Crippen MR) is 85.9 cm³/mol. The lowest BCUT2D eigenvalue weighted by molar-refractivity contribution is 0.232. The number of aliphatic hydroxyl groups is 1. The highest BCUT2D eigenvalue weighted by Gasteiger charge is 2.22. The first-order chi connectivity index (χ1) is 11.3. The summed E-state index contributed by atoms with van der Waals surface area (Å²) in [6.45, 7) is 1.11. The van der Waals surface area contributed by atoms with Crippen LogP contribution in [0.1, 0.15) is 0 Å². The number of aliphatic hydroxyl groups excluding tert-OH is 1. The van der Waals surface area contributed by atoms with Gasteiger partial charge in [-0.25, -0.2) is 9.51 Å². The third kappa shape index (κ3) is 2.26. The van der Waals surface area contributed by atoms with Crippen molar-refractivity contribution >= 4 is 22.6 Å². The third-order valence-corrected chi connectivity index (χ3v) is 3.60. The van der Waals surface area contributed by atoms with Crippen LogP contribution in [0.5, 0.6) is 5.88 Å². The highest BCUT2D eigenvalue weighted by molar-refractivity contribution is 6.22. The van der Waals surface area contributed by atoms with Gasteiger partial charge in [-0.05, 0) is 12.1 Å². The highest BCUT2D eigenvalue weighted by atomic mass is 16.5. The molecule has 0 aromatic carbocycles. The zero-order valence-electron chi connectivity index (χ0n) is 12.4. The zero-order valence-corrected chi connectivity index (χ0v) is 12.4. The van der Waals surface area contributed by atoms with Crippen molar-refractivity contribution in [1.82, 2.24) is 9.61 Å². The Morgan fingerprint density at radius 2 is 2.26 bits per heavy atom. The summed E-state index contributed by atoms with van der Waals surface area (Å²) in [5.41, 5.74) is 2.36. The van der Waals surface area contributed by atoms with Gasteiger partial charge in [-0.1, -0.05) is 6.07 Å². The van der Waals surface area contributed by atoms with E-state index in [0.29, 0.717) is 41.9 Å². The topological polar surface area (TPSA) is 80.7 Å². The van der Waals surface area contributed by atoms with Crippen molar-refractivity contribution in [2.45, 2.75) is 0 Å². The largest absolute Gasteiger partial charge is 0.506 e. The van der Waals surface area contributed by atoms with E-state index in [1.807, 2.05) is 24.4 Å². The minimum Gasteiger partial charge on any atom is -0.506 e. The molecule has 2 aliphatic rings. The number of aromatic nitrogens is 2. The van der Waals surface area contributed by atoms with Gasteiger partial charge in [0, 0.05) is 18.3 Å². The normalized spacial score (nSPS) is 18.8. The number of ether oxygens (including phenoxy) is 2. The molecule has 0 saturated heterocycles. The van der Waals surface area contributed by atoms with Crippen LogP contribution in [0.15, 0.2) is 58.1 Å². The molecule has 0 radical (unpaired) electrons. The SMILES string of the molecule is COc1nn2ccccc2c1/N=C1\C=C2OCCN=C2C=C1O. The van der Waals surface area contributed by atoms with Crippen molar-refractivity contribution in [2.24, 2.45) is 9.98 Å². The van der Waals surface area contributed by atoms with E-state index in [9.17, 15) is 5.11 Å². The Labute approximate surface area is 131 Å². The van der Waals surface area contributed by atoms with E-state index in [1.165, 1.54) is 7.11 Å². The Morgan fingerprint density at radius 3 is 3.13 bits per heavy atom. The number of allylic oxidation sites excluding steroid dienone is 2. The molecule has 1 aliphatic carbocycles. The molecule has 4 rings (SSSR count). The second-order valence-corrected chi connectivity index (χ2v) is 5.04. The third-order valence-electron chi connectivity index (χ3n) is 3.60. The average Bonchev–Trinajstić information content (AvgIpc) is 2.93. The van der Waals surface area contributed by atoms with Gasteiger partial charge in [-0.15, -0.1) is 5.10 Å². The van der Waals surface area contributed by atoms with Crippen LogP contribution in [0.4, 0.5) is 5.69 Å². The van der Waals surface area contributed by atoms with Gasteiger partial charge in [-0.2, -0.15) is 0 Å². The smallest absolute Gasteiger partial charge is 0.259 e. The molecular formula is C16H14N4O3. The number of aliphatic imine (C=N–C) groups is 2. The molecule has 0 bridgehead atoms. The second-order valence-electron chi connectivity index (χ2n) is 5.04. The monoisotopic (exact) mass is 310 g/mol. The molecule has 23 heavy (non-hydrogen) atoms. The standard InChI is InChI=1S/C16H14N4O3/c1-22-16-15(12-4-2-3-6-20(12)19-16)18-10-9-14-11(8-13(10)21)17-5-7-23-14/h2-4,6,8-9,21H,5,7H2,1H3/b18-10+. The number of hydrogen-bond acceptors (Lipinski definition) is 6. The molecule has 7 nitrogen and oxygen atoms in total. The first-order valence-corrected chi connectivity index (χ1v) is 7.16. The van der Waals surface area contributed by atoms with Gasteiger partial charge in [0.15, 0.2) is 5.69 Å². The van der Waals surface area contributed by atoms with E-state index in [4.69, 9.17) is 9.47 Å². The summed E-state index contributed by atoms with van der Waals surface area (Å²) in [5, 5.41) is 14.5. The van der Waals surface area contributed by atoms with Crippen molar-refractivity contribution in [3.8, 4) is 5.88 Å². The maximum atomic E-state index is 10.2. The molecule has 2 aromatic rings. The minimum absolute atomic E-state index is 0.0373. The van der Waals surface area contributed by atoms with Gasteiger partial charge >= 0.3 is 0 Å². The molecule has 1 aliphatic heterocycles. The van der Waals surface area contributed by atoms with Crippen molar-refractivity contribution < 1.29 is 14.6 Å². The van der Waals surface area contributed by atoms with Gasteiger partial charge in [0.1, 0.15) is 29.5 Å². The minimum atomic E-state index is 0.0373. The number of fused-ring (bicyclic) bond motifs is 2. The molecule has 0 fully saturated rings. The lowest BCUT2D eigenvalue weighted by Crippen LogP contribution is -2.20. The van der Waals surface area contributed by atoms with Crippen LogP contribution in [0.2, 0.25) is 0 Å². The first kappa shape index (κ1) is 13.6. The number of pyridine rings is 1. The maximum Gasteiger partial charge on any atom is 0.259 e. The Balaban J connectivity index is 1.86. The summed E-state index contributed by atoms with van der Waals surface area (Å²) in [4.78, 5) is 8.84. The van der Waals surface area contributed by atoms with Crippen molar-refractivity contribution in [1.29, 1.82) is 0 Å². The molecule has 116 valence electrons. The Hall–Kier alpha value is -3.09. The molecule has 0 spiro atoms. The molecule has 1 N–H and O–H groups in total. The maximum absolute atomic E-state index is 10.2. The summed E-state index contributed by atoms with van der Waals surface area (Å²) < 4.78 is 12.5. The van der Waals surface area contributed by atoms with Crippen LogP contribution in [0.3, 0.4) is 0 Å². The van der Waals surface area contributed by atoms with Gasteiger partial charge in [0.05, 0.1) is 19.2 Å². The Morgan fingerprint density at radius 1 is 1.35 bits per heavy atom. The molecule has 0 amide bonds. The summed E-state index contributed by atoms with van der Waals surface area (Å²) >= 11 is 0. The molecule has 0 saturated carbocycles. The number of nitrogens with zero attached hydrogens (tertiary/aromatic N) is 4. The first-order valence-electron chi connectivity index (χ1n) is 7.16. The van der Waals surface area contributed by atoms with Crippen LogP contribution in [-0.2, 0) is 4.74 Å². The average molecular weight is 310 g/mol. The lowest BCUT2D eigenvalue weighted by atomic mass is 10.1. The quantitative estimate of drug-likeness (QED) is 0.862. The summed E-state index contributed by atoms with van der Waals surface area (Å²) in [6, 6.07) is 5.65. The summed E-state index contributed by atoms with van der Waals surface area (Å²) in [6.07, 6.45) is 5.05. The zero-order chi connectivity index (χ0) is 15.8. The fraction of sp³-hybridized carbons (Fsp3) is 0.188. The summed E-state index contributed by atoms with van der Waals surface area (Å²) in [7, 11) is 1.54. The summed E-state index contributed by atoms with van der Waals surface area (Å²) in [5.74, 6) is 1.04. The predicted octanol–water partition coefficient (Wildman–Crippen LogP) is 2.23. The van der Waals surface area contributed by atoms with E-state index in [2.05, 4.69) is 15.1 Å². The molecule has 2 aromatic heterocycles. The highest BCUT2D eigenvalue weighted by Crippen LogP contribution is 2.32. The van der Waals surface area contributed by atoms with Gasteiger partial charge < -0.3 is 14.6 Å². The van der Waals surface area contributed by atoms with Crippen molar-refractivity contribution in [2.75, 3.05) is 20.3 Å². The van der Waals surface area contributed by atoms with Crippen molar-refractivity contribution in [3.05, 3.63) is 48.1 Å². The van der Waals surface area contributed by atoms with Crippen LogP contribution >= 0.6 is 0 Å². The number of hydrogen-bond donors (Lipinski definition) is 1. The van der Waals surface area contributed by atoms with Gasteiger partial charge in [0.25, 0.3) is 5.88 Å². The molecular weight excluding hydrogens is 296 g/mol. The molecule has 0 atom stereocenters. The van der Waals surface area contributed by atoms with Crippen LogP contribution < -0.4 is 4.74 Å². The van der Waals surface area contributed by atoms with Crippen LogP contribution in [-0.4, -0.2) is 46.4 Å². The number of methoxy groups -OCH3 is 1. The second kappa shape index (κ2) is 5.28. The fourth-order valence-corrected chi connectivity index (χ4v) is 2.52. The van der Waals surface area contributed by atoms with Crippen molar-refractivity contribution in [3.63, 3.8) is 0 Å². The Kier molecular flexibility index (Phi) is 3.11. The molecule has 7 heteroatoms. The van der Waals surface area contributed by atoms with E-state index in [0.717, 1.165) is 5.52 Å². The molecule has 3 heterocycles. The van der Waals surface area contributed by atoms with Crippen LogP contribution in [0, 0.1) is 0 Å². The lowest BCUT2D eigenvalue weighted by Gasteiger charge is -2.19. The van der Waals surface area contributed by atoms with E-state index in [1.54, 1.807) is 16.7 Å².